The summed E-state index contributed by atoms with van der Waals surface area (Å²) in [4.78, 5) is 64.0. The summed E-state index contributed by atoms with van der Waals surface area (Å²) in [5.74, 6) is -9.56. The van der Waals surface area contributed by atoms with Crippen molar-refractivity contribution < 1.29 is 38.0 Å². The first-order valence-corrected chi connectivity index (χ1v) is 14.9. The molecule has 6 atom stereocenters. The summed E-state index contributed by atoms with van der Waals surface area (Å²) in [7, 11) is 0. The van der Waals surface area contributed by atoms with Crippen LogP contribution in [0.1, 0.15) is 24.3 Å². The van der Waals surface area contributed by atoms with E-state index in [9.17, 15) is 43.2 Å². The number of benzene rings is 3. The zero-order valence-electron chi connectivity index (χ0n) is 23.4. The van der Waals surface area contributed by atoms with Crippen molar-refractivity contribution >= 4 is 63.9 Å². The molecule has 1 saturated carbocycles. The number of non-ortho nitro benzene ring substituents is 1. The van der Waals surface area contributed by atoms with Gasteiger partial charge in [-0.3, -0.25) is 34.2 Å². The second kappa shape index (κ2) is 10.2. The lowest BCUT2D eigenvalue weighted by Crippen LogP contribution is -2.60. The number of hydrogen-bond donors (Lipinski definition) is 1. The first kappa shape index (κ1) is 30.0. The minimum atomic E-state index is -2.26. The number of amides is 4. The third kappa shape index (κ3) is 3.92. The fourth-order valence-electron chi connectivity index (χ4n) is 7.45. The molecule has 2 saturated heterocycles. The fourth-order valence-corrected chi connectivity index (χ4v) is 8.39. The molecule has 14 heteroatoms. The number of phenolic OH excluding ortho intramolecular Hbond substituents is 1. The van der Waals surface area contributed by atoms with Gasteiger partial charge in [0, 0.05) is 18.1 Å². The van der Waals surface area contributed by atoms with Crippen LogP contribution in [-0.4, -0.2) is 43.4 Å². The molecule has 7 rings (SSSR count). The van der Waals surface area contributed by atoms with Crippen LogP contribution in [0, 0.1) is 39.5 Å². The van der Waals surface area contributed by atoms with E-state index in [2.05, 4.69) is 0 Å². The normalized spacial score (nSPS) is 30.2. The maximum atomic E-state index is 14.8. The molecule has 2 aliphatic carbocycles. The van der Waals surface area contributed by atoms with Crippen molar-refractivity contribution in [3.63, 3.8) is 0 Å². The second-order valence-corrected chi connectivity index (χ2v) is 13.0. The highest BCUT2D eigenvalue weighted by Gasteiger charge is 2.76. The zero-order chi connectivity index (χ0) is 32.9. The predicted octanol–water partition coefficient (Wildman–Crippen LogP) is 5.35. The van der Waals surface area contributed by atoms with Crippen LogP contribution in [0.5, 0.6) is 5.75 Å². The monoisotopic (exact) mass is 667 g/mol. The molecular formula is C32H21Cl2F2N3O7. The Balaban J connectivity index is 1.37. The average Bonchev–Trinajstić information content (AvgIpc) is 3.37. The highest BCUT2D eigenvalue weighted by Crippen LogP contribution is 2.66. The van der Waals surface area contributed by atoms with Gasteiger partial charge in [0.15, 0.2) is 21.3 Å². The SMILES string of the molecule is O=C1C2CC=C3C(CC4(Cl)C(=O)N(c5ccc(F)cc5)C(=O)C4(Cl)C3c3ccc(O)c(F)c3)C2C(=O)N1c1ccc([N+](=O)[O-])cc1. The topological polar surface area (TPSA) is 138 Å². The molecule has 4 aliphatic rings. The molecule has 6 unspecified atom stereocenters. The van der Waals surface area contributed by atoms with E-state index >= 15 is 0 Å². The Kier molecular flexibility index (Phi) is 6.63. The molecule has 0 spiro atoms. The van der Waals surface area contributed by atoms with Crippen molar-refractivity contribution in [3.05, 3.63) is 106 Å². The number of halogens is 4. The molecule has 1 N–H and O–H groups in total. The van der Waals surface area contributed by atoms with E-state index in [1.54, 1.807) is 6.08 Å². The van der Waals surface area contributed by atoms with Gasteiger partial charge in [-0.2, -0.15) is 0 Å². The largest absolute Gasteiger partial charge is 0.505 e. The zero-order valence-corrected chi connectivity index (χ0v) is 24.9. The summed E-state index contributed by atoms with van der Waals surface area (Å²) < 4.78 is 28.6. The number of nitro benzene ring substituents is 1. The number of allylic oxidation sites excluding steroid dienone is 2. The predicted molar refractivity (Wildman–Crippen MR) is 160 cm³/mol. The smallest absolute Gasteiger partial charge is 0.269 e. The molecule has 0 radical (unpaired) electrons. The maximum absolute atomic E-state index is 14.8. The van der Waals surface area contributed by atoms with E-state index in [-0.39, 0.29) is 35.5 Å². The number of imide groups is 2. The summed E-state index contributed by atoms with van der Waals surface area (Å²) in [5, 5.41) is 21.1. The molecule has 234 valence electrons. The highest BCUT2D eigenvalue weighted by atomic mass is 35.5. The van der Waals surface area contributed by atoms with Gasteiger partial charge in [0.2, 0.25) is 11.8 Å². The Morgan fingerprint density at radius 2 is 1.48 bits per heavy atom. The van der Waals surface area contributed by atoms with E-state index < -0.39 is 79.4 Å². The summed E-state index contributed by atoms with van der Waals surface area (Å²) in [5.41, 5.74) is 0.361. The molecule has 3 aromatic carbocycles. The molecule has 2 heterocycles. The molecule has 0 aromatic heterocycles. The van der Waals surface area contributed by atoms with Crippen molar-refractivity contribution in [1.29, 1.82) is 0 Å². The van der Waals surface area contributed by atoms with Crippen LogP contribution < -0.4 is 9.80 Å². The van der Waals surface area contributed by atoms with Gasteiger partial charge in [-0.15, -0.1) is 23.2 Å². The number of nitrogens with zero attached hydrogens (tertiary/aromatic N) is 3. The maximum Gasteiger partial charge on any atom is 0.269 e. The molecule has 10 nitrogen and oxygen atoms in total. The second-order valence-electron chi connectivity index (χ2n) is 11.7. The van der Waals surface area contributed by atoms with Crippen molar-refractivity contribution in [3.8, 4) is 5.75 Å². The van der Waals surface area contributed by atoms with Crippen molar-refractivity contribution in [2.75, 3.05) is 9.80 Å². The molecule has 3 aromatic rings. The fraction of sp³-hybridized carbons (Fsp3) is 0.250. The summed E-state index contributed by atoms with van der Waals surface area (Å²) in [6, 6.07) is 12.8. The van der Waals surface area contributed by atoms with Crippen LogP contribution in [0.25, 0.3) is 0 Å². The first-order chi connectivity index (χ1) is 21.8. The molecule has 4 amide bonds. The third-order valence-electron chi connectivity index (χ3n) is 9.52. The van der Waals surface area contributed by atoms with Crippen LogP contribution in [0.4, 0.5) is 25.8 Å². The number of phenols is 1. The minimum Gasteiger partial charge on any atom is -0.505 e. The van der Waals surface area contributed by atoms with E-state index in [1.165, 1.54) is 42.5 Å². The molecule has 0 bridgehead atoms. The minimum absolute atomic E-state index is 0.00668. The first-order valence-electron chi connectivity index (χ1n) is 14.1. The molecule has 46 heavy (non-hydrogen) atoms. The lowest BCUT2D eigenvalue weighted by molar-refractivity contribution is -0.384. The number of carbonyl (C=O) groups excluding carboxylic acids is 4. The number of nitro groups is 1. The van der Waals surface area contributed by atoms with Crippen LogP contribution in [-0.2, 0) is 19.2 Å². The van der Waals surface area contributed by atoms with Gasteiger partial charge < -0.3 is 5.11 Å². The molecule has 3 fully saturated rings. The number of carbonyl (C=O) groups is 4. The number of rotatable bonds is 4. The average molecular weight is 668 g/mol. The Labute approximate surface area is 268 Å². The van der Waals surface area contributed by atoms with Gasteiger partial charge in [-0.1, -0.05) is 17.7 Å². The van der Waals surface area contributed by atoms with Crippen molar-refractivity contribution in [1.82, 2.24) is 0 Å². The quantitative estimate of drug-likeness (QED) is 0.130. The van der Waals surface area contributed by atoms with Gasteiger partial charge >= 0.3 is 0 Å². The van der Waals surface area contributed by atoms with E-state index in [4.69, 9.17) is 23.2 Å². The Hall–Kier alpha value is -4.68. The summed E-state index contributed by atoms with van der Waals surface area (Å²) >= 11 is 14.4. The number of alkyl halides is 2. The van der Waals surface area contributed by atoms with Crippen molar-refractivity contribution in [2.45, 2.75) is 28.5 Å². The number of aromatic hydroxyl groups is 1. The van der Waals surface area contributed by atoms with Crippen LogP contribution in [0.15, 0.2) is 78.4 Å². The number of hydrogen-bond acceptors (Lipinski definition) is 7. The number of fused-ring (bicyclic) bond motifs is 4. The van der Waals surface area contributed by atoms with Gasteiger partial charge in [-0.05, 0) is 72.9 Å². The summed E-state index contributed by atoms with van der Waals surface area (Å²) in [6.45, 7) is 0. The van der Waals surface area contributed by atoms with Crippen LogP contribution >= 0.6 is 23.2 Å². The Morgan fingerprint density at radius 3 is 2.11 bits per heavy atom. The van der Waals surface area contributed by atoms with E-state index in [0.717, 1.165) is 34.1 Å². The Bertz CT molecular complexity index is 1920. The van der Waals surface area contributed by atoms with Gasteiger partial charge in [0.25, 0.3) is 17.5 Å². The number of anilines is 2. The van der Waals surface area contributed by atoms with Crippen LogP contribution in [0.3, 0.4) is 0 Å². The standard InChI is InChI=1S/C32H21Cl2F2N3O7/c33-31-14-22-20(10-11-21-25(22)28(42)37(27(21)41)17-6-8-19(9-7-17)39(45)46)26(15-1-12-24(40)23(36)13-15)32(31,34)30(44)38(29(31)43)18-4-2-16(35)3-5-18/h1-10,12-13,21-22,25-26,40H,11,14H2. The molecule has 2 aliphatic heterocycles. The van der Waals surface area contributed by atoms with Crippen molar-refractivity contribution in [2.24, 2.45) is 17.8 Å². The highest BCUT2D eigenvalue weighted by molar-refractivity contribution is 6.58. The van der Waals surface area contributed by atoms with E-state index in [1.807, 2.05) is 0 Å². The van der Waals surface area contributed by atoms with Gasteiger partial charge in [-0.25, -0.2) is 13.7 Å². The van der Waals surface area contributed by atoms with Gasteiger partial charge in [0.05, 0.1) is 28.1 Å². The summed E-state index contributed by atoms with van der Waals surface area (Å²) in [6.07, 6.45) is 1.34. The van der Waals surface area contributed by atoms with Crippen LogP contribution in [0.2, 0.25) is 0 Å². The lowest BCUT2D eigenvalue weighted by Gasteiger charge is -2.50. The Morgan fingerprint density at radius 1 is 0.848 bits per heavy atom. The van der Waals surface area contributed by atoms with E-state index in [0.29, 0.717) is 5.57 Å². The third-order valence-corrected chi connectivity index (χ3v) is 10.9. The molecular weight excluding hydrogens is 647 g/mol. The lowest BCUT2D eigenvalue weighted by atomic mass is 9.56. The van der Waals surface area contributed by atoms with Gasteiger partial charge in [0.1, 0.15) is 5.82 Å².